The van der Waals surface area contributed by atoms with Crippen LogP contribution >= 0.6 is 0 Å². The lowest BCUT2D eigenvalue weighted by atomic mass is 10.1. The summed E-state index contributed by atoms with van der Waals surface area (Å²) in [7, 11) is 2.05. The number of carbonyl (C=O) groups excluding carboxylic acids is 1. The number of amides is 2. The van der Waals surface area contributed by atoms with Gasteiger partial charge in [-0.3, -0.25) is 4.98 Å². The molecule has 0 atom stereocenters. The molecule has 0 fully saturated rings. The highest BCUT2D eigenvalue weighted by Crippen LogP contribution is 2.22. The summed E-state index contributed by atoms with van der Waals surface area (Å²) in [6, 6.07) is 10.1. The summed E-state index contributed by atoms with van der Waals surface area (Å²) in [5.74, 6) is 0. The lowest BCUT2D eigenvalue weighted by Crippen LogP contribution is -2.36. The molecule has 0 aliphatic heterocycles. The second-order valence-corrected chi connectivity index (χ2v) is 6.01. The van der Waals surface area contributed by atoms with Crippen LogP contribution in [0.1, 0.15) is 16.7 Å². The van der Waals surface area contributed by atoms with Crippen LogP contribution in [-0.2, 0) is 20.0 Å². The van der Waals surface area contributed by atoms with E-state index >= 15 is 0 Å². The Labute approximate surface area is 141 Å². The minimum absolute atomic E-state index is 0.157. The molecule has 5 heteroatoms. The van der Waals surface area contributed by atoms with E-state index in [1.807, 2.05) is 12.1 Å². The maximum Gasteiger partial charge on any atom is 0.315 e. The largest absolute Gasteiger partial charge is 0.350 e. The first-order valence-electron chi connectivity index (χ1n) is 8.08. The molecular weight excluding hydrogens is 300 g/mol. The maximum absolute atomic E-state index is 11.9. The van der Waals surface area contributed by atoms with Crippen LogP contribution in [0.2, 0.25) is 0 Å². The van der Waals surface area contributed by atoms with E-state index in [2.05, 4.69) is 58.6 Å². The fourth-order valence-corrected chi connectivity index (χ4v) is 2.84. The monoisotopic (exact) mass is 322 g/mol. The number of hydrogen-bond donors (Lipinski definition) is 2. The third-order valence-corrected chi connectivity index (χ3v) is 4.08. The number of hydrogen-bond acceptors (Lipinski definition) is 2. The Morgan fingerprint density at radius 2 is 2.12 bits per heavy atom. The van der Waals surface area contributed by atoms with E-state index in [-0.39, 0.29) is 6.03 Å². The molecule has 3 aromatic rings. The molecule has 0 saturated carbocycles. The van der Waals surface area contributed by atoms with Gasteiger partial charge in [0.25, 0.3) is 0 Å². The third kappa shape index (κ3) is 3.74. The van der Waals surface area contributed by atoms with Crippen molar-refractivity contribution in [3.8, 4) is 0 Å². The average molecular weight is 322 g/mol. The van der Waals surface area contributed by atoms with Gasteiger partial charge in [0.2, 0.25) is 0 Å². The Balaban J connectivity index is 1.52. The molecule has 2 heterocycles. The zero-order valence-electron chi connectivity index (χ0n) is 14.0. The van der Waals surface area contributed by atoms with Crippen molar-refractivity contribution in [2.75, 3.05) is 6.54 Å². The van der Waals surface area contributed by atoms with Crippen molar-refractivity contribution in [1.29, 1.82) is 0 Å². The number of fused-ring (bicyclic) bond motifs is 1. The van der Waals surface area contributed by atoms with Gasteiger partial charge in [0.1, 0.15) is 0 Å². The van der Waals surface area contributed by atoms with Gasteiger partial charge < -0.3 is 15.2 Å². The van der Waals surface area contributed by atoms with Crippen LogP contribution in [0.15, 0.2) is 48.9 Å². The summed E-state index contributed by atoms with van der Waals surface area (Å²) in [6.45, 7) is 3.18. The van der Waals surface area contributed by atoms with Crippen LogP contribution in [0.5, 0.6) is 0 Å². The van der Waals surface area contributed by atoms with Gasteiger partial charge in [-0.25, -0.2) is 4.79 Å². The topological polar surface area (TPSA) is 59.0 Å². The highest BCUT2D eigenvalue weighted by atomic mass is 16.2. The van der Waals surface area contributed by atoms with Crippen LogP contribution in [-0.4, -0.2) is 22.1 Å². The Bertz CT molecular complexity index is 839. The molecule has 0 unspecified atom stereocenters. The normalized spacial score (nSPS) is 10.8. The van der Waals surface area contributed by atoms with Gasteiger partial charge in [0, 0.05) is 49.6 Å². The number of nitrogens with zero attached hydrogens (tertiary/aromatic N) is 2. The van der Waals surface area contributed by atoms with E-state index in [0.29, 0.717) is 13.1 Å². The molecule has 1 aromatic carbocycles. The molecule has 3 rings (SSSR count). The van der Waals surface area contributed by atoms with E-state index in [1.54, 1.807) is 12.4 Å². The number of carbonyl (C=O) groups is 1. The molecule has 0 aliphatic carbocycles. The third-order valence-electron chi connectivity index (χ3n) is 4.08. The number of pyridine rings is 1. The van der Waals surface area contributed by atoms with Crippen LogP contribution in [0, 0.1) is 6.92 Å². The van der Waals surface area contributed by atoms with Gasteiger partial charge in [-0.15, -0.1) is 0 Å². The Kier molecular flexibility index (Phi) is 4.79. The molecule has 124 valence electrons. The number of aromatic nitrogens is 2. The molecule has 0 radical (unpaired) electrons. The maximum atomic E-state index is 11.9. The zero-order valence-corrected chi connectivity index (χ0v) is 14.0. The summed E-state index contributed by atoms with van der Waals surface area (Å²) in [4.78, 5) is 15.9. The standard InChI is InChI=1S/C19H22N4O/c1-14-5-6-17-16(13-23(2)18(17)10-14)7-9-21-19(24)22-12-15-4-3-8-20-11-15/h3-6,8,10-11,13H,7,9,12H2,1-2H3,(H2,21,22,24). The number of nitrogens with one attached hydrogen (secondary N) is 2. The Morgan fingerprint density at radius 1 is 1.25 bits per heavy atom. The van der Waals surface area contributed by atoms with E-state index in [9.17, 15) is 4.79 Å². The van der Waals surface area contributed by atoms with Gasteiger partial charge in [-0.2, -0.15) is 0 Å². The van der Waals surface area contributed by atoms with Crippen molar-refractivity contribution in [1.82, 2.24) is 20.2 Å². The zero-order chi connectivity index (χ0) is 16.9. The fourth-order valence-electron chi connectivity index (χ4n) is 2.84. The van der Waals surface area contributed by atoms with Crippen molar-refractivity contribution in [3.05, 3.63) is 65.6 Å². The summed E-state index contributed by atoms with van der Waals surface area (Å²) in [5.41, 5.74) is 4.71. The predicted octanol–water partition coefficient (Wildman–Crippen LogP) is 2.92. The second-order valence-electron chi connectivity index (χ2n) is 6.01. The molecule has 2 N–H and O–H groups in total. The summed E-state index contributed by atoms with van der Waals surface area (Å²) >= 11 is 0. The van der Waals surface area contributed by atoms with Crippen LogP contribution in [0.4, 0.5) is 4.79 Å². The van der Waals surface area contributed by atoms with Gasteiger partial charge in [-0.1, -0.05) is 18.2 Å². The molecule has 2 amide bonds. The highest BCUT2D eigenvalue weighted by molar-refractivity contribution is 5.84. The van der Waals surface area contributed by atoms with Gasteiger partial charge in [0.05, 0.1) is 0 Å². The van der Waals surface area contributed by atoms with E-state index in [1.165, 1.54) is 22.0 Å². The molecule has 0 spiro atoms. The van der Waals surface area contributed by atoms with E-state index in [0.717, 1.165) is 12.0 Å². The van der Waals surface area contributed by atoms with Gasteiger partial charge in [-0.05, 0) is 42.2 Å². The number of rotatable bonds is 5. The van der Waals surface area contributed by atoms with Crippen molar-refractivity contribution < 1.29 is 4.79 Å². The molecule has 0 saturated heterocycles. The summed E-state index contributed by atoms with van der Waals surface area (Å²) < 4.78 is 2.14. The molecular formula is C19H22N4O. The Morgan fingerprint density at radius 3 is 2.92 bits per heavy atom. The number of benzene rings is 1. The molecule has 2 aromatic heterocycles. The van der Waals surface area contributed by atoms with Crippen LogP contribution in [0.25, 0.3) is 10.9 Å². The summed E-state index contributed by atoms with van der Waals surface area (Å²) in [5, 5.41) is 7.00. The van der Waals surface area contributed by atoms with Crippen LogP contribution in [0.3, 0.4) is 0 Å². The number of aryl methyl sites for hydroxylation is 2. The van der Waals surface area contributed by atoms with E-state index in [4.69, 9.17) is 0 Å². The van der Waals surface area contributed by atoms with Crippen molar-refractivity contribution >= 4 is 16.9 Å². The smallest absolute Gasteiger partial charge is 0.315 e. The van der Waals surface area contributed by atoms with Gasteiger partial charge in [0.15, 0.2) is 0 Å². The average Bonchev–Trinajstić information content (AvgIpc) is 2.89. The predicted molar refractivity (Wildman–Crippen MR) is 95.8 cm³/mol. The van der Waals surface area contributed by atoms with Crippen LogP contribution < -0.4 is 10.6 Å². The summed E-state index contributed by atoms with van der Waals surface area (Å²) in [6.07, 6.45) is 6.41. The first-order valence-corrected chi connectivity index (χ1v) is 8.08. The van der Waals surface area contributed by atoms with Gasteiger partial charge >= 0.3 is 6.03 Å². The second kappa shape index (κ2) is 7.17. The number of urea groups is 1. The SMILES string of the molecule is Cc1ccc2c(CCNC(=O)NCc3cccnc3)cn(C)c2c1. The minimum Gasteiger partial charge on any atom is -0.350 e. The van der Waals surface area contributed by atoms with Crippen molar-refractivity contribution in [3.63, 3.8) is 0 Å². The minimum atomic E-state index is -0.157. The molecule has 0 bridgehead atoms. The lowest BCUT2D eigenvalue weighted by Gasteiger charge is -2.07. The Hall–Kier alpha value is -2.82. The molecule has 5 nitrogen and oxygen atoms in total. The molecule has 0 aliphatic rings. The van der Waals surface area contributed by atoms with Crippen molar-refractivity contribution in [2.24, 2.45) is 7.05 Å². The van der Waals surface area contributed by atoms with E-state index < -0.39 is 0 Å². The first-order chi connectivity index (χ1) is 11.6. The first kappa shape index (κ1) is 16.1. The fraction of sp³-hybridized carbons (Fsp3) is 0.263. The quantitative estimate of drug-likeness (QED) is 0.759. The molecule has 24 heavy (non-hydrogen) atoms. The lowest BCUT2D eigenvalue weighted by molar-refractivity contribution is 0.240. The van der Waals surface area contributed by atoms with Crippen molar-refractivity contribution in [2.45, 2.75) is 19.9 Å². The highest BCUT2D eigenvalue weighted by Gasteiger charge is 2.07.